The van der Waals surface area contributed by atoms with Crippen molar-refractivity contribution in [3.8, 4) is 0 Å². The molecule has 0 aliphatic carbocycles. The molecule has 5 N–H and O–H groups in total. The first-order valence-corrected chi connectivity index (χ1v) is 19.7. The monoisotopic (exact) mass is 733 g/mol. The zero-order valence-electron chi connectivity index (χ0n) is 32.1. The third-order valence-corrected chi connectivity index (χ3v) is 10.5. The van der Waals surface area contributed by atoms with Crippen LogP contribution in [0.3, 0.4) is 0 Å². The average Bonchev–Trinajstić information content (AvgIpc) is 3.64. The topological polar surface area (TPSA) is 104 Å². The number of rotatable bonds is 18. The van der Waals surface area contributed by atoms with Gasteiger partial charge in [0.1, 0.15) is 0 Å². The SMILES string of the molecule is CC(C)[C@H](N)C(=O)N[C@@H](Cc1ccccc1)CC(O)[C@H](Cc1ccccc1)N(Cc1ccccc1)Cc1ccccc1.CNCc1csc(C(C)C)n1. The van der Waals surface area contributed by atoms with Crippen LogP contribution in [0.1, 0.15) is 73.0 Å². The standard InChI is InChI=1S/C37H45N3O2.C8H14N2S/c1-28(2)36(38)37(42)39-33(23-29-15-7-3-8-16-29)25-35(41)34(24-30-17-9-4-10-18-30)40(26-31-19-11-5-12-20-31)27-32-21-13-6-14-22-32;1-6(2)8-10-7(4-9-3)5-11-8/h3-22,28,33-36,41H,23-27,38H2,1-2H3,(H,39,42);5-6,9H,4H2,1-3H3/t33-,34-,35?,36-;/m0./s1. The van der Waals surface area contributed by atoms with Crippen LogP contribution in [-0.4, -0.2) is 52.2 Å². The van der Waals surface area contributed by atoms with E-state index < -0.39 is 12.1 Å². The van der Waals surface area contributed by atoms with E-state index in [0.717, 1.165) is 23.4 Å². The molecule has 0 saturated carbocycles. The van der Waals surface area contributed by atoms with Gasteiger partial charge in [-0.25, -0.2) is 4.98 Å². The molecule has 1 aromatic heterocycles. The van der Waals surface area contributed by atoms with Gasteiger partial charge in [0.15, 0.2) is 0 Å². The molecule has 1 unspecified atom stereocenters. The second-order valence-electron chi connectivity index (χ2n) is 14.5. The van der Waals surface area contributed by atoms with E-state index >= 15 is 0 Å². The maximum Gasteiger partial charge on any atom is 0.237 e. The molecule has 7 nitrogen and oxygen atoms in total. The molecule has 0 aliphatic rings. The van der Waals surface area contributed by atoms with Crippen molar-refractivity contribution >= 4 is 17.2 Å². The molecular weight excluding hydrogens is 675 g/mol. The molecule has 53 heavy (non-hydrogen) atoms. The Hall–Kier alpha value is -4.18. The highest BCUT2D eigenvalue weighted by molar-refractivity contribution is 7.09. The van der Waals surface area contributed by atoms with Crippen molar-refractivity contribution in [1.29, 1.82) is 0 Å². The van der Waals surface area contributed by atoms with Crippen molar-refractivity contribution in [2.75, 3.05) is 7.05 Å². The summed E-state index contributed by atoms with van der Waals surface area (Å²) >= 11 is 1.75. The molecule has 1 heterocycles. The summed E-state index contributed by atoms with van der Waals surface area (Å²) in [7, 11) is 1.94. The molecule has 0 radical (unpaired) electrons. The minimum Gasteiger partial charge on any atom is -0.391 e. The van der Waals surface area contributed by atoms with Crippen molar-refractivity contribution < 1.29 is 9.90 Å². The molecule has 5 rings (SSSR count). The van der Waals surface area contributed by atoms with Crippen molar-refractivity contribution in [2.45, 2.75) is 96.7 Å². The number of nitrogens with two attached hydrogens (primary N) is 1. The van der Waals surface area contributed by atoms with Crippen LogP contribution < -0.4 is 16.4 Å². The zero-order valence-corrected chi connectivity index (χ0v) is 32.9. The second kappa shape index (κ2) is 22.1. The lowest BCUT2D eigenvalue weighted by Gasteiger charge is -2.37. The number of carbonyl (C=O) groups excluding carboxylic acids is 1. The number of amides is 1. The first-order valence-electron chi connectivity index (χ1n) is 18.9. The number of aliphatic hydroxyl groups excluding tert-OH is 1. The number of hydrogen-bond acceptors (Lipinski definition) is 7. The third-order valence-electron chi connectivity index (χ3n) is 9.30. The van der Waals surface area contributed by atoms with E-state index in [9.17, 15) is 9.90 Å². The number of aliphatic hydroxyl groups is 1. The number of hydrogen-bond donors (Lipinski definition) is 4. The predicted molar refractivity (Wildman–Crippen MR) is 221 cm³/mol. The van der Waals surface area contributed by atoms with E-state index in [1.54, 1.807) is 11.3 Å². The molecule has 4 atom stereocenters. The predicted octanol–water partition coefficient (Wildman–Crippen LogP) is 7.75. The van der Waals surface area contributed by atoms with Crippen LogP contribution in [-0.2, 0) is 37.3 Å². The van der Waals surface area contributed by atoms with E-state index in [2.05, 4.69) is 113 Å². The largest absolute Gasteiger partial charge is 0.391 e. The van der Waals surface area contributed by atoms with Gasteiger partial charge in [0.25, 0.3) is 0 Å². The van der Waals surface area contributed by atoms with E-state index in [0.29, 0.717) is 38.3 Å². The quantitative estimate of drug-likeness (QED) is 0.0735. The molecule has 8 heteroatoms. The Labute approximate surface area is 321 Å². The highest BCUT2D eigenvalue weighted by atomic mass is 32.1. The van der Waals surface area contributed by atoms with Crippen LogP contribution in [0.4, 0.5) is 0 Å². The molecule has 1 amide bonds. The number of nitrogens with zero attached hydrogens (tertiary/aromatic N) is 2. The highest BCUT2D eigenvalue weighted by Gasteiger charge is 2.31. The normalized spacial score (nSPS) is 13.6. The Kier molecular flexibility index (Phi) is 17.4. The first kappa shape index (κ1) is 41.6. The summed E-state index contributed by atoms with van der Waals surface area (Å²) in [5, 5.41) is 21.7. The highest BCUT2D eigenvalue weighted by Crippen LogP contribution is 2.23. The summed E-state index contributed by atoms with van der Waals surface area (Å²) in [6, 6.07) is 40.2. The van der Waals surface area contributed by atoms with Crippen LogP contribution in [0.15, 0.2) is 127 Å². The Bertz CT molecular complexity index is 1680. The van der Waals surface area contributed by atoms with Crippen LogP contribution >= 0.6 is 11.3 Å². The maximum absolute atomic E-state index is 13.1. The third kappa shape index (κ3) is 14.3. The minimum atomic E-state index is -0.707. The van der Waals surface area contributed by atoms with Crippen LogP contribution in [0.5, 0.6) is 0 Å². The molecule has 0 fully saturated rings. The summed E-state index contributed by atoms with van der Waals surface area (Å²) in [4.78, 5) is 19.9. The lowest BCUT2D eigenvalue weighted by molar-refractivity contribution is -0.124. The van der Waals surface area contributed by atoms with E-state index in [1.165, 1.54) is 16.1 Å². The molecule has 0 spiro atoms. The smallest absolute Gasteiger partial charge is 0.237 e. The number of nitrogens with one attached hydrogen (secondary N) is 2. The fraction of sp³-hybridized carbons (Fsp3) is 0.378. The minimum absolute atomic E-state index is 0.0189. The summed E-state index contributed by atoms with van der Waals surface area (Å²) in [5.41, 5.74) is 12.0. The molecule has 5 aromatic rings. The number of thiazole rings is 1. The Morgan fingerprint density at radius 3 is 1.66 bits per heavy atom. The van der Waals surface area contributed by atoms with Gasteiger partial charge < -0.3 is 21.5 Å². The Morgan fingerprint density at radius 1 is 0.755 bits per heavy atom. The molecule has 0 saturated heterocycles. The Balaban J connectivity index is 0.000000488. The fourth-order valence-electron chi connectivity index (χ4n) is 6.28. The average molecular weight is 734 g/mol. The van der Waals surface area contributed by atoms with Crippen LogP contribution in [0, 0.1) is 5.92 Å². The van der Waals surface area contributed by atoms with Gasteiger partial charge in [-0.2, -0.15) is 0 Å². The van der Waals surface area contributed by atoms with Gasteiger partial charge in [-0.05, 0) is 54.5 Å². The van der Waals surface area contributed by atoms with E-state index in [-0.39, 0.29) is 23.9 Å². The lowest BCUT2D eigenvalue weighted by atomic mass is 9.91. The molecule has 0 bridgehead atoms. The van der Waals surface area contributed by atoms with Crippen molar-refractivity contribution in [3.05, 3.63) is 160 Å². The van der Waals surface area contributed by atoms with Gasteiger partial charge in [0.2, 0.25) is 5.91 Å². The molecule has 4 aromatic carbocycles. The van der Waals surface area contributed by atoms with Crippen molar-refractivity contribution in [3.63, 3.8) is 0 Å². The van der Waals surface area contributed by atoms with Crippen LogP contribution in [0.25, 0.3) is 0 Å². The lowest BCUT2D eigenvalue weighted by Crippen LogP contribution is -2.51. The van der Waals surface area contributed by atoms with E-state index in [1.807, 2.05) is 69.4 Å². The van der Waals surface area contributed by atoms with Gasteiger partial charge in [0.05, 0.1) is 22.8 Å². The summed E-state index contributed by atoms with van der Waals surface area (Å²) < 4.78 is 0. The molecule has 282 valence electrons. The van der Waals surface area contributed by atoms with Gasteiger partial charge in [-0.15, -0.1) is 11.3 Å². The van der Waals surface area contributed by atoms with Gasteiger partial charge >= 0.3 is 0 Å². The van der Waals surface area contributed by atoms with E-state index in [4.69, 9.17) is 5.73 Å². The fourth-order valence-corrected chi connectivity index (χ4v) is 7.12. The number of carbonyl (C=O) groups is 1. The summed E-state index contributed by atoms with van der Waals surface area (Å²) in [6.07, 6.45) is 0.994. The van der Waals surface area contributed by atoms with Gasteiger partial charge in [-0.3, -0.25) is 9.69 Å². The van der Waals surface area contributed by atoms with Crippen molar-refractivity contribution in [2.24, 2.45) is 11.7 Å². The molecule has 0 aliphatic heterocycles. The van der Waals surface area contributed by atoms with Crippen LogP contribution in [0.2, 0.25) is 0 Å². The van der Waals surface area contributed by atoms with Gasteiger partial charge in [0, 0.05) is 43.0 Å². The Morgan fingerprint density at radius 2 is 1.23 bits per heavy atom. The maximum atomic E-state index is 13.1. The van der Waals surface area contributed by atoms with Gasteiger partial charge in [-0.1, -0.05) is 149 Å². The number of aromatic nitrogens is 1. The second-order valence-corrected chi connectivity index (χ2v) is 15.4. The zero-order chi connectivity index (χ0) is 38.0. The molecular formula is C45H59N5O2S. The van der Waals surface area contributed by atoms with Crippen molar-refractivity contribution in [1.82, 2.24) is 20.5 Å². The first-order chi connectivity index (χ1) is 25.6. The summed E-state index contributed by atoms with van der Waals surface area (Å²) in [5.74, 6) is 0.402. The summed E-state index contributed by atoms with van der Waals surface area (Å²) in [6.45, 7) is 10.5. The number of benzene rings is 4.